The summed E-state index contributed by atoms with van der Waals surface area (Å²) in [4.78, 5) is 14.3. The number of morpholine rings is 1. The summed E-state index contributed by atoms with van der Waals surface area (Å²) in [6.45, 7) is 0.752. The lowest BCUT2D eigenvalue weighted by Gasteiger charge is -2.28. The molecule has 1 fully saturated rings. The Morgan fingerprint density at radius 2 is 1.71 bits per heavy atom. The molecule has 0 radical (unpaired) electrons. The third-order valence-electron chi connectivity index (χ3n) is 4.39. The Bertz CT molecular complexity index is 766. The van der Waals surface area contributed by atoms with Gasteiger partial charge in [0.05, 0.1) is 13.2 Å². The van der Waals surface area contributed by atoms with Crippen LogP contribution in [-0.2, 0) is 17.8 Å². The number of hydrogen-bond donors (Lipinski definition) is 2. The van der Waals surface area contributed by atoms with E-state index < -0.39 is 6.61 Å². The summed E-state index contributed by atoms with van der Waals surface area (Å²) in [6.07, 6.45) is 0. The van der Waals surface area contributed by atoms with Crippen molar-refractivity contribution in [2.75, 3.05) is 31.2 Å². The number of hydrogen-bond acceptors (Lipinski definition) is 4. The molecule has 2 N–H and O–H groups in total. The van der Waals surface area contributed by atoms with E-state index in [9.17, 15) is 13.6 Å². The van der Waals surface area contributed by atoms with E-state index in [1.54, 1.807) is 18.2 Å². The zero-order valence-corrected chi connectivity index (χ0v) is 15.4. The van der Waals surface area contributed by atoms with E-state index >= 15 is 0 Å². The molecule has 0 unspecified atom stereocenters. The van der Waals surface area contributed by atoms with Crippen LogP contribution in [0.2, 0.25) is 0 Å². The van der Waals surface area contributed by atoms with Crippen molar-refractivity contribution in [3.8, 4) is 5.75 Å². The quantitative estimate of drug-likeness (QED) is 0.761. The molecule has 0 spiro atoms. The largest absolute Gasteiger partial charge is 0.434 e. The van der Waals surface area contributed by atoms with Crippen LogP contribution < -0.4 is 20.3 Å². The molecule has 2 aromatic carbocycles. The number of nitrogens with zero attached hydrogens (tertiary/aromatic N) is 1. The lowest BCUT2D eigenvalue weighted by molar-refractivity contribution is -0.0504. The molecule has 1 heterocycles. The van der Waals surface area contributed by atoms with E-state index in [2.05, 4.69) is 20.3 Å². The summed E-state index contributed by atoms with van der Waals surface area (Å²) >= 11 is 0. The molecule has 0 bridgehead atoms. The minimum atomic E-state index is -2.91. The van der Waals surface area contributed by atoms with Gasteiger partial charge in [-0.15, -0.1) is 0 Å². The molecule has 2 aromatic rings. The molecule has 1 saturated heterocycles. The van der Waals surface area contributed by atoms with Gasteiger partial charge in [-0.05, 0) is 23.8 Å². The van der Waals surface area contributed by atoms with E-state index in [4.69, 9.17) is 4.74 Å². The molecule has 3 rings (SSSR count). The van der Waals surface area contributed by atoms with Crippen molar-refractivity contribution in [1.29, 1.82) is 0 Å². The normalized spacial score (nSPS) is 14.0. The first-order valence-corrected chi connectivity index (χ1v) is 9.08. The standard InChI is InChI=1S/C20H23F2N3O3/c21-19(22)28-18-4-2-1-3-16(18)14-24-20(26)23-13-15-5-7-17(8-6-15)25-9-11-27-12-10-25/h1-8,19H,9-14H2,(H2,23,24,26). The van der Waals surface area contributed by atoms with Gasteiger partial charge in [-0.1, -0.05) is 30.3 Å². The van der Waals surface area contributed by atoms with Crippen molar-refractivity contribution in [3.63, 3.8) is 0 Å². The third-order valence-corrected chi connectivity index (χ3v) is 4.39. The molecule has 1 aliphatic rings. The summed E-state index contributed by atoms with van der Waals surface area (Å²) in [6, 6.07) is 14.0. The van der Waals surface area contributed by atoms with Crippen molar-refractivity contribution in [1.82, 2.24) is 10.6 Å². The highest BCUT2D eigenvalue weighted by atomic mass is 19.3. The summed E-state index contributed by atoms with van der Waals surface area (Å²) in [5.41, 5.74) is 2.58. The van der Waals surface area contributed by atoms with E-state index in [-0.39, 0.29) is 18.3 Å². The minimum Gasteiger partial charge on any atom is -0.434 e. The van der Waals surface area contributed by atoms with Crippen molar-refractivity contribution in [3.05, 3.63) is 59.7 Å². The highest BCUT2D eigenvalue weighted by Crippen LogP contribution is 2.20. The fraction of sp³-hybridized carbons (Fsp3) is 0.350. The van der Waals surface area contributed by atoms with Gasteiger partial charge in [0.15, 0.2) is 0 Å². The van der Waals surface area contributed by atoms with Crippen LogP contribution in [0, 0.1) is 0 Å². The van der Waals surface area contributed by atoms with Crippen LogP contribution in [0.1, 0.15) is 11.1 Å². The maximum Gasteiger partial charge on any atom is 0.387 e. The summed E-state index contributed by atoms with van der Waals surface area (Å²) in [5, 5.41) is 5.40. The number of anilines is 1. The van der Waals surface area contributed by atoms with E-state index in [1.807, 2.05) is 24.3 Å². The van der Waals surface area contributed by atoms with Gasteiger partial charge in [0.2, 0.25) is 0 Å². The van der Waals surface area contributed by atoms with Gasteiger partial charge in [0.25, 0.3) is 0 Å². The van der Waals surface area contributed by atoms with Crippen LogP contribution in [0.25, 0.3) is 0 Å². The van der Waals surface area contributed by atoms with E-state index in [0.717, 1.165) is 37.6 Å². The lowest BCUT2D eigenvalue weighted by Crippen LogP contribution is -2.36. The number of rotatable bonds is 7. The second kappa shape index (κ2) is 9.89. The molecular weight excluding hydrogens is 368 g/mol. The number of ether oxygens (including phenoxy) is 2. The van der Waals surface area contributed by atoms with Gasteiger partial charge in [-0.3, -0.25) is 0 Å². The van der Waals surface area contributed by atoms with Crippen molar-refractivity contribution < 1.29 is 23.0 Å². The molecular formula is C20H23F2N3O3. The molecule has 0 saturated carbocycles. The molecule has 2 amide bonds. The number of urea groups is 1. The van der Waals surface area contributed by atoms with Gasteiger partial charge in [-0.25, -0.2) is 4.79 Å². The third kappa shape index (κ3) is 5.82. The Balaban J connectivity index is 1.45. The Hall–Kier alpha value is -2.87. The molecule has 28 heavy (non-hydrogen) atoms. The zero-order valence-electron chi connectivity index (χ0n) is 15.4. The summed E-state index contributed by atoms with van der Waals surface area (Å²) in [5.74, 6) is 0.0523. The second-order valence-electron chi connectivity index (χ2n) is 6.29. The average molecular weight is 391 g/mol. The van der Waals surface area contributed by atoms with Crippen LogP contribution in [-0.4, -0.2) is 38.9 Å². The maximum atomic E-state index is 12.4. The maximum absolute atomic E-state index is 12.4. The Kier molecular flexibility index (Phi) is 7.02. The Labute approximate surface area is 162 Å². The highest BCUT2D eigenvalue weighted by molar-refractivity contribution is 5.74. The molecule has 0 aromatic heterocycles. The molecule has 1 aliphatic heterocycles. The molecule has 0 aliphatic carbocycles. The minimum absolute atomic E-state index is 0.0523. The van der Waals surface area contributed by atoms with Gasteiger partial charge in [-0.2, -0.15) is 8.78 Å². The second-order valence-corrected chi connectivity index (χ2v) is 6.29. The SMILES string of the molecule is O=C(NCc1ccc(N2CCOCC2)cc1)NCc1ccccc1OC(F)F. The van der Waals surface area contributed by atoms with Crippen molar-refractivity contribution >= 4 is 11.7 Å². The molecule has 150 valence electrons. The molecule has 8 heteroatoms. The van der Waals surface area contributed by atoms with Crippen LogP contribution in [0.15, 0.2) is 48.5 Å². The number of nitrogens with one attached hydrogen (secondary N) is 2. The van der Waals surface area contributed by atoms with Gasteiger partial charge in [0, 0.05) is 37.4 Å². The van der Waals surface area contributed by atoms with Crippen molar-refractivity contribution in [2.24, 2.45) is 0 Å². The van der Waals surface area contributed by atoms with Gasteiger partial charge in [0.1, 0.15) is 5.75 Å². The van der Waals surface area contributed by atoms with Gasteiger partial charge >= 0.3 is 12.6 Å². The first-order valence-electron chi connectivity index (χ1n) is 9.08. The highest BCUT2D eigenvalue weighted by Gasteiger charge is 2.12. The first kappa shape index (κ1) is 19.9. The topological polar surface area (TPSA) is 62.8 Å². The van der Waals surface area contributed by atoms with E-state index in [1.165, 1.54) is 6.07 Å². The fourth-order valence-electron chi connectivity index (χ4n) is 2.93. The molecule has 6 nitrogen and oxygen atoms in total. The predicted octanol–water partition coefficient (Wildman–Crippen LogP) is 3.12. The van der Waals surface area contributed by atoms with Crippen molar-refractivity contribution in [2.45, 2.75) is 19.7 Å². The van der Waals surface area contributed by atoms with Crippen LogP contribution in [0.5, 0.6) is 5.75 Å². The zero-order chi connectivity index (χ0) is 19.8. The number of benzene rings is 2. The predicted molar refractivity (Wildman–Crippen MR) is 102 cm³/mol. The Morgan fingerprint density at radius 1 is 1.04 bits per heavy atom. The lowest BCUT2D eigenvalue weighted by atomic mass is 10.2. The fourth-order valence-corrected chi connectivity index (χ4v) is 2.93. The monoisotopic (exact) mass is 391 g/mol. The van der Waals surface area contributed by atoms with E-state index in [0.29, 0.717) is 12.1 Å². The number of halogens is 2. The number of carbonyl (C=O) groups is 1. The number of carbonyl (C=O) groups excluding carboxylic acids is 1. The summed E-state index contributed by atoms with van der Waals surface area (Å²) in [7, 11) is 0. The van der Waals surface area contributed by atoms with Crippen LogP contribution in [0.4, 0.5) is 19.3 Å². The number of amides is 2. The smallest absolute Gasteiger partial charge is 0.387 e. The first-order chi connectivity index (χ1) is 13.6. The van der Waals surface area contributed by atoms with Crippen LogP contribution in [0.3, 0.4) is 0 Å². The molecule has 0 atom stereocenters. The Morgan fingerprint density at radius 3 is 2.43 bits per heavy atom. The summed E-state index contributed by atoms with van der Waals surface area (Å²) < 4.78 is 34.6. The van der Waals surface area contributed by atoms with Gasteiger partial charge < -0.3 is 25.0 Å². The average Bonchev–Trinajstić information content (AvgIpc) is 2.72. The van der Waals surface area contributed by atoms with Crippen LogP contribution >= 0.6 is 0 Å². The number of para-hydroxylation sites is 1. The number of alkyl halides is 2.